The van der Waals surface area contributed by atoms with Crippen molar-refractivity contribution in [1.29, 1.82) is 0 Å². The molecule has 4 nitrogen and oxygen atoms in total. The molecule has 0 aliphatic heterocycles. The van der Waals surface area contributed by atoms with Crippen LogP contribution < -0.4 is 5.32 Å². The number of carbonyl (C=O) groups is 1. The van der Waals surface area contributed by atoms with Gasteiger partial charge in [0.05, 0.1) is 0 Å². The zero-order valence-electron chi connectivity index (χ0n) is 20.8. The van der Waals surface area contributed by atoms with E-state index in [0.717, 1.165) is 55.0 Å². The lowest BCUT2D eigenvalue weighted by Gasteiger charge is -2.04. The molecule has 3 N–H and O–H groups in total. The normalized spacial score (nSPS) is 12.3. The summed E-state index contributed by atoms with van der Waals surface area (Å²) in [5.74, 6) is 0.354. The van der Waals surface area contributed by atoms with Crippen LogP contribution in [0.5, 0.6) is 5.75 Å². The van der Waals surface area contributed by atoms with Crippen LogP contribution in [0.3, 0.4) is 0 Å². The molecule has 2 aromatic rings. The third-order valence-corrected chi connectivity index (χ3v) is 5.70. The number of unbranched alkanes of at least 4 members (excludes halogenated alkanes) is 4. The first-order valence-corrected chi connectivity index (χ1v) is 12.9. The van der Waals surface area contributed by atoms with Gasteiger partial charge in [-0.15, -0.1) is 0 Å². The zero-order chi connectivity index (χ0) is 24.3. The van der Waals surface area contributed by atoms with Gasteiger partial charge in [0.1, 0.15) is 5.75 Å². The van der Waals surface area contributed by atoms with Crippen molar-refractivity contribution in [2.45, 2.75) is 77.6 Å². The molecule has 0 unspecified atom stereocenters. The van der Waals surface area contributed by atoms with E-state index in [-0.39, 0.29) is 11.7 Å². The van der Waals surface area contributed by atoms with Gasteiger partial charge in [0.25, 0.3) is 0 Å². The largest absolute Gasteiger partial charge is 0.508 e. The second kappa shape index (κ2) is 17.5. The second-order valence-corrected chi connectivity index (χ2v) is 8.62. The van der Waals surface area contributed by atoms with Crippen molar-refractivity contribution in [1.82, 2.24) is 10.3 Å². The predicted octanol–water partition coefficient (Wildman–Crippen LogP) is 7.68. The summed E-state index contributed by atoms with van der Waals surface area (Å²) in [5, 5.41) is 13.7. The fourth-order valence-electron chi connectivity index (χ4n) is 3.74. The molecule has 4 heteroatoms. The molecular weight excluding hydrogens is 420 g/mol. The predicted molar refractivity (Wildman–Crippen MR) is 145 cm³/mol. The third kappa shape index (κ3) is 11.7. The molecule has 1 heterocycles. The zero-order valence-corrected chi connectivity index (χ0v) is 20.8. The molecule has 0 aliphatic rings. The molecule has 0 spiro atoms. The van der Waals surface area contributed by atoms with Gasteiger partial charge in [0.2, 0.25) is 5.91 Å². The van der Waals surface area contributed by atoms with Crippen LogP contribution in [-0.2, 0) is 11.2 Å². The van der Waals surface area contributed by atoms with Crippen molar-refractivity contribution in [2.24, 2.45) is 0 Å². The lowest BCUT2D eigenvalue weighted by molar-refractivity contribution is -0.121. The number of aromatic nitrogens is 1. The van der Waals surface area contributed by atoms with Crippen molar-refractivity contribution < 1.29 is 9.90 Å². The lowest BCUT2D eigenvalue weighted by Crippen LogP contribution is -2.25. The third-order valence-electron chi connectivity index (χ3n) is 5.70. The average molecular weight is 463 g/mol. The van der Waals surface area contributed by atoms with Gasteiger partial charge in [0.15, 0.2) is 0 Å². The molecule has 0 saturated heterocycles. The average Bonchev–Trinajstić information content (AvgIpc) is 3.23. The number of nitrogens with one attached hydrogen (secondary N) is 2. The van der Waals surface area contributed by atoms with Crippen LogP contribution >= 0.6 is 0 Å². The number of carbonyl (C=O) groups excluding carboxylic acids is 1. The number of hydrogen-bond donors (Lipinski definition) is 3. The molecule has 0 bridgehead atoms. The minimum Gasteiger partial charge on any atom is -0.508 e. The van der Waals surface area contributed by atoms with E-state index in [4.69, 9.17) is 0 Å². The first-order chi connectivity index (χ1) is 16.7. The van der Waals surface area contributed by atoms with E-state index >= 15 is 0 Å². The highest BCUT2D eigenvalue weighted by Gasteiger charge is 2.05. The minimum atomic E-state index is 0.0959. The molecule has 0 fully saturated rings. The van der Waals surface area contributed by atoms with Crippen LogP contribution in [0.1, 0.15) is 76.7 Å². The Hall–Kier alpha value is -3.01. The number of phenols is 1. The molecule has 1 aromatic carbocycles. The lowest BCUT2D eigenvalue weighted by atomic mass is 10.1. The van der Waals surface area contributed by atoms with E-state index in [2.05, 4.69) is 65.8 Å². The highest BCUT2D eigenvalue weighted by molar-refractivity contribution is 5.84. The summed E-state index contributed by atoms with van der Waals surface area (Å²) < 4.78 is 0. The maximum Gasteiger partial charge on any atom is 0.220 e. The summed E-state index contributed by atoms with van der Waals surface area (Å²) in [5.41, 5.74) is 2.10. The van der Waals surface area contributed by atoms with Gasteiger partial charge in [-0.05, 0) is 75.1 Å². The van der Waals surface area contributed by atoms with Crippen molar-refractivity contribution in [3.05, 3.63) is 78.6 Å². The fraction of sp³-hybridized carbons (Fsp3) is 0.433. The number of phenolic OH excluding ortho intramolecular Hbond substituents is 1. The first kappa shape index (κ1) is 27.2. The van der Waals surface area contributed by atoms with Crippen LogP contribution in [0.25, 0.3) is 10.9 Å². The molecule has 184 valence electrons. The summed E-state index contributed by atoms with van der Waals surface area (Å²) in [4.78, 5) is 15.2. The van der Waals surface area contributed by atoms with Crippen molar-refractivity contribution in [3.8, 4) is 5.75 Å². The minimum absolute atomic E-state index is 0.0959. The van der Waals surface area contributed by atoms with E-state index in [1.165, 1.54) is 25.7 Å². The van der Waals surface area contributed by atoms with Gasteiger partial charge in [0, 0.05) is 30.1 Å². The number of aromatic hydroxyl groups is 1. The van der Waals surface area contributed by atoms with Crippen LogP contribution in [0, 0.1) is 0 Å². The standard InChI is InChI=1S/C30H42N2O2/c1-2-3-4-5-6-7-8-9-10-11-12-13-14-15-16-17-18-19-30(34)31-23-22-26-25-32-29-21-20-27(33)24-28(26)29/h6-7,9-10,12-13,15-16,20-21,24-25,32-33H,2-5,8,11,14,17-19,22-23H2,1H3,(H,31,34)/b7-6+,10-9+,13-12+,16-15+. The number of rotatable bonds is 17. The molecule has 34 heavy (non-hydrogen) atoms. The van der Waals surface area contributed by atoms with Crippen LogP contribution in [-0.4, -0.2) is 22.5 Å². The topological polar surface area (TPSA) is 65.1 Å². The first-order valence-electron chi connectivity index (χ1n) is 12.9. The van der Waals surface area contributed by atoms with E-state index in [0.29, 0.717) is 13.0 Å². The number of aromatic amines is 1. The van der Waals surface area contributed by atoms with Gasteiger partial charge in [-0.3, -0.25) is 4.79 Å². The number of allylic oxidation sites excluding steroid dienone is 8. The Kier molecular flexibility index (Phi) is 14.0. The van der Waals surface area contributed by atoms with Gasteiger partial charge in [-0.1, -0.05) is 68.4 Å². The van der Waals surface area contributed by atoms with Crippen molar-refractivity contribution in [3.63, 3.8) is 0 Å². The highest BCUT2D eigenvalue weighted by Crippen LogP contribution is 2.23. The van der Waals surface area contributed by atoms with Crippen LogP contribution in [0.4, 0.5) is 0 Å². The molecule has 2 rings (SSSR count). The van der Waals surface area contributed by atoms with Crippen LogP contribution in [0.15, 0.2) is 73.0 Å². The quantitative estimate of drug-likeness (QED) is 0.167. The van der Waals surface area contributed by atoms with Gasteiger partial charge in [-0.25, -0.2) is 0 Å². The van der Waals surface area contributed by atoms with Crippen LogP contribution in [0.2, 0.25) is 0 Å². The van der Waals surface area contributed by atoms with Gasteiger partial charge >= 0.3 is 0 Å². The molecule has 0 radical (unpaired) electrons. The molecule has 0 saturated carbocycles. The molecule has 0 aliphatic carbocycles. The summed E-state index contributed by atoms with van der Waals surface area (Å²) in [6.07, 6.45) is 30.8. The molecule has 0 atom stereocenters. The molecule has 1 aromatic heterocycles. The molecule has 1 amide bonds. The summed E-state index contributed by atoms with van der Waals surface area (Å²) in [6, 6.07) is 5.29. The number of benzene rings is 1. The smallest absolute Gasteiger partial charge is 0.220 e. The number of fused-ring (bicyclic) bond motifs is 1. The monoisotopic (exact) mass is 462 g/mol. The summed E-state index contributed by atoms with van der Waals surface area (Å²) >= 11 is 0. The number of hydrogen-bond acceptors (Lipinski definition) is 2. The fourth-order valence-corrected chi connectivity index (χ4v) is 3.74. The van der Waals surface area contributed by atoms with E-state index in [9.17, 15) is 9.90 Å². The summed E-state index contributed by atoms with van der Waals surface area (Å²) in [7, 11) is 0. The number of H-pyrrole nitrogens is 1. The Morgan fingerprint density at radius 3 is 2.24 bits per heavy atom. The maximum atomic E-state index is 12.0. The number of amides is 1. The Bertz CT molecular complexity index is 950. The van der Waals surface area contributed by atoms with E-state index < -0.39 is 0 Å². The second-order valence-electron chi connectivity index (χ2n) is 8.62. The van der Waals surface area contributed by atoms with Crippen molar-refractivity contribution >= 4 is 16.8 Å². The van der Waals surface area contributed by atoms with E-state index in [1.54, 1.807) is 12.1 Å². The summed E-state index contributed by atoms with van der Waals surface area (Å²) in [6.45, 7) is 2.84. The Morgan fingerprint density at radius 2 is 1.56 bits per heavy atom. The maximum absolute atomic E-state index is 12.0. The Balaban J connectivity index is 1.45. The Labute approximate surface area is 205 Å². The van der Waals surface area contributed by atoms with Gasteiger partial charge in [-0.2, -0.15) is 0 Å². The molecular formula is C30H42N2O2. The highest BCUT2D eigenvalue weighted by atomic mass is 16.3. The van der Waals surface area contributed by atoms with E-state index in [1.807, 2.05) is 12.3 Å². The van der Waals surface area contributed by atoms with Crippen molar-refractivity contribution in [2.75, 3.05) is 6.54 Å². The van der Waals surface area contributed by atoms with Gasteiger partial charge < -0.3 is 15.4 Å². The Morgan fingerprint density at radius 1 is 0.912 bits per heavy atom. The SMILES string of the molecule is CCCCC/C=C/C/C=C/C/C=C/C/C=C/CCCC(=O)NCCc1c[nH]c2ccc(O)cc12.